The maximum atomic E-state index is 6.42. The molecule has 0 N–H and O–H groups in total. The smallest absolute Gasteiger partial charge is 0.136 e. The van der Waals surface area contributed by atoms with E-state index >= 15 is 0 Å². The highest BCUT2D eigenvalue weighted by atomic mass is 16.3. The average molecular weight is 796 g/mol. The van der Waals surface area contributed by atoms with E-state index < -0.39 is 0 Å². The van der Waals surface area contributed by atoms with Crippen LogP contribution in [0.1, 0.15) is 49.9 Å². The lowest BCUT2D eigenvalue weighted by molar-refractivity contribution is 0.660. The van der Waals surface area contributed by atoms with Crippen molar-refractivity contribution in [3.63, 3.8) is 0 Å². The molecule has 0 bridgehead atoms. The summed E-state index contributed by atoms with van der Waals surface area (Å²) in [6.45, 7) is 9.47. The summed E-state index contributed by atoms with van der Waals surface area (Å²) in [7, 11) is 0. The SMILES string of the molecule is CC1(C)c2ccccc2-c2ccc(N(c3ccc(-c4ccccc4-c4cccc5c4C(C)(C)c4ccccc4-5)cc3)c3ccccc3-c3cccc4oc5ccccc5c34)cc21. The molecule has 9 aromatic carbocycles. The molecule has 12 rings (SSSR count). The molecule has 2 nitrogen and oxygen atoms in total. The number of benzene rings is 9. The van der Waals surface area contributed by atoms with Crippen molar-refractivity contribution in [3.05, 3.63) is 222 Å². The predicted octanol–water partition coefficient (Wildman–Crippen LogP) is 16.7. The Bertz CT molecular complexity index is 3420. The van der Waals surface area contributed by atoms with E-state index in [1.165, 1.54) is 66.8 Å². The third kappa shape index (κ3) is 5.29. The summed E-state index contributed by atoms with van der Waals surface area (Å²) in [5.74, 6) is 0. The molecule has 1 aromatic heterocycles. The Morgan fingerprint density at radius 2 is 0.871 bits per heavy atom. The average Bonchev–Trinajstić information content (AvgIpc) is 3.89. The van der Waals surface area contributed by atoms with Crippen LogP contribution in [0.5, 0.6) is 0 Å². The van der Waals surface area contributed by atoms with Gasteiger partial charge in [0.05, 0.1) is 5.69 Å². The fraction of sp³-hybridized carbons (Fsp3) is 0.100. The molecular weight excluding hydrogens is 751 g/mol. The lowest BCUT2D eigenvalue weighted by atomic mass is 9.78. The number of hydrogen-bond donors (Lipinski definition) is 0. The Morgan fingerprint density at radius 3 is 1.65 bits per heavy atom. The largest absolute Gasteiger partial charge is 0.456 e. The fourth-order valence-electron chi connectivity index (χ4n) is 11.0. The number of furan rings is 1. The molecule has 0 unspecified atom stereocenters. The van der Waals surface area contributed by atoms with Crippen LogP contribution in [-0.2, 0) is 10.8 Å². The molecule has 296 valence electrons. The molecule has 62 heavy (non-hydrogen) atoms. The van der Waals surface area contributed by atoms with Gasteiger partial charge >= 0.3 is 0 Å². The lowest BCUT2D eigenvalue weighted by Crippen LogP contribution is -2.17. The van der Waals surface area contributed by atoms with Crippen LogP contribution in [0.2, 0.25) is 0 Å². The first-order valence-corrected chi connectivity index (χ1v) is 21.8. The van der Waals surface area contributed by atoms with Crippen LogP contribution in [0, 0.1) is 0 Å². The van der Waals surface area contributed by atoms with Gasteiger partial charge in [0.25, 0.3) is 0 Å². The summed E-state index contributed by atoms with van der Waals surface area (Å²) in [5.41, 5.74) is 22.9. The molecule has 0 spiro atoms. The zero-order valence-electron chi connectivity index (χ0n) is 35.4. The Labute approximate surface area is 363 Å². The maximum absolute atomic E-state index is 6.42. The van der Waals surface area contributed by atoms with Crippen molar-refractivity contribution in [2.45, 2.75) is 38.5 Å². The van der Waals surface area contributed by atoms with Gasteiger partial charge in [-0.1, -0.05) is 185 Å². The number of nitrogens with zero attached hydrogens (tertiary/aromatic N) is 1. The van der Waals surface area contributed by atoms with Crippen molar-refractivity contribution in [3.8, 4) is 55.6 Å². The van der Waals surface area contributed by atoms with Crippen molar-refractivity contribution in [1.29, 1.82) is 0 Å². The molecule has 0 aliphatic heterocycles. The minimum atomic E-state index is -0.143. The van der Waals surface area contributed by atoms with Crippen molar-refractivity contribution in [2.24, 2.45) is 0 Å². The van der Waals surface area contributed by atoms with E-state index in [1.807, 2.05) is 6.07 Å². The van der Waals surface area contributed by atoms with E-state index in [9.17, 15) is 0 Å². The number of fused-ring (bicyclic) bond motifs is 9. The van der Waals surface area contributed by atoms with Gasteiger partial charge in [0.2, 0.25) is 0 Å². The van der Waals surface area contributed by atoms with Gasteiger partial charge in [0.15, 0.2) is 0 Å². The zero-order chi connectivity index (χ0) is 41.7. The number of para-hydroxylation sites is 2. The van der Waals surface area contributed by atoms with Crippen LogP contribution < -0.4 is 4.90 Å². The standard InChI is InChI=1S/C60H45NO/c1-59(2)51-26-11-7-19-43(51)45-36-35-40(37-53(45)59)61(54-28-13-9-21-46(54)47-23-16-30-56-57(47)50-22-10-14-29-55(50)62-56)39-33-31-38(32-34-39)41-17-5-6-18-42(41)48-24-15-25-49-44-20-8-12-27-52(44)60(3,4)58(48)49/h5-37H,1-4H3. The van der Waals surface area contributed by atoms with E-state index in [-0.39, 0.29) is 10.8 Å². The van der Waals surface area contributed by atoms with Crippen LogP contribution in [0.3, 0.4) is 0 Å². The zero-order valence-corrected chi connectivity index (χ0v) is 35.4. The highest BCUT2D eigenvalue weighted by molar-refractivity contribution is 6.14. The van der Waals surface area contributed by atoms with Gasteiger partial charge in [-0.3, -0.25) is 0 Å². The molecule has 0 atom stereocenters. The third-order valence-electron chi connectivity index (χ3n) is 13.9. The Hall–Kier alpha value is -7.42. The van der Waals surface area contributed by atoms with Gasteiger partial charge in [-0.05, 0) is 115 Å². The van der Waals surface area contributed by atoms with Gasteiger partial charge in [0, 0.05) is 38.5 Å². The van der Waals surface area contributed by atoms with E-state index in [0.29, 0.717) is 0 Å². The summed E-state index contributed by atoms with van der Waals surface area (Å²) in [6, 6.07) is 73.5. The first-order valence-electron chi connectivity index (χ1n) is 21.8. The monoisotopic (exact) mass is 795 g/mol. The van der Waals surface area contributed by atoms with Gasteiger partial charge in [-0.15, -0.1) is 0 Å². The molecule has 2 aliphatic carbocycles. The molecule has 0 radical (unpaired) electrons. The quantitative estimate of drug-likeness (QED) is 0.167. The first-order chi connectivity index (χ1) is 30.3. The number of anilines is 3. The second-order valence-corrected chi connectivity index (χ2v) is 18.0. The van der Waals surface area contributed by atoms with E-state index in [4.69, 9.17) is 4.42 Å². The Morgan fingerprint density at radius 1 is 0.355 bits per heavy atom. The van der Waals surface area contributed by atoms with Crippen molar-refractivity contribution in [1.82, 2.24) is 0 Å². The molecule has 0 saturated carbocycles. The van der Waals surface area contributed by atoms with Crippen molar-refractivity contribution < 1.29 is 4.42 Å². The molecular formula is C60H45NO. The second-order valence-electron chi connectivity index (χ2n) is 18.0. The summed E-state index contributed by atoms with van der Waals surface area (Å²) in [4.78, 5) is 2.45. The van der Waals surface area contributed by atoms with Crippen molar-refractivity contribution >= 4 is 39.0 Å². The minimum absolute atomic E-state index is 0.119. The number of rotatable bonds is 6. The molecule has 2 aliphatic rings. The van der Waals surface area contributed by atoms with Crippen LogP contribution in [-0.4, -0.2) is 0 Å². The Balaban J connectivity index is 1.03. The van der Waals surface area contributed by atoms with E-state index in [2.05, 4.69) is 227 Å². The molecule has 10 aromatic rings. The topological polar surface area (TPSA) is 16.4 Å². The molecule has 2 heteroatoms. The molecule has 0 amide bonds. The summed E-state index contributed by atoms with van der Waals surface area (Å²) >= 11 is 0. The van der Waals surface area contributed by atoms with E-state index in [0.717, 1.165) is 50.1 Å². The number of hydrogen-bond acceptors (Lipinski definition) is 2. The summed E-state index contributed by atoms with van der Waals surface area (Å²) < 4.78 is 6.42. The van der Waals surface area contributed by atoms with Crippen LogP contribution in [0.25, 0.3) is 77.6 Å². The predicted molar refractivity (Wildman–Crippen MR) is 260 cm³/mol. The molecule has 0 fully saturated rings. The highest BCUT2D eigenvalue weighted by Crippen LogP contribution is 2.54. The van der Waals surface area contributed by atoms with Crippen LogP contribution in [0.4, 0.5) is 17.1 Å². The van der Waals surface area contributed by atoms with Crippen molar-refractivity contribution in [2.75, 3.05) is 4.90 Å². The third-order valence-corrected chi connectivity index (χ3v) is 13.9. The maximum Gasteiger partial charge on any atom is 0.136 e. The highest BCUT2D eigenvalue weighted by Gasteiger charge is 2.38. The van der Waals surface area contributed by atoms with Gasteiger partial charge in [-0.25, -0.2) is 0 Å². The molecule has 0 saturated heterocycles. The minimum Gasteiger partial charge on any atom is -0.456 e. The fourth-order valence-corrected chi connectivity index (χ4v) is 11.0. The normalized spacial score (nSPS) is 14.1. The molecule has 1 heterocycles. The lowest BCUT2D eigenvalue weighted by Gasteiger charge is -2.30. The second kappa shape index (κ2) is 13.5. The van der Waals surface area contributed by atoms with Gasteiger partial charge in [0.1, 0.15) is 11.2 Å². The van der Waals surface area contributed by atoms with Crippen LogP contribution >= 0.6 is 0 Å². The van der Waals surface area contributed by atoms with Gasteiger partial charge in [-0.2, -0.15) is 0 Å². The van der Waals surface area contributed by atoms with Gasteiger partial charge < -0.3 is 9.32 Å². The summed E-state index contributed by atoms with van der Waals surface area (Å²) in [6.07, 6.45) is 0. The van der Waals surface area contributed by atoms with E-state index in [1.54, 1.807) is 0 Å². The first kappa shape index (κ1) is 36.4. The summed E-state index contributed by atoms with van der Waals surface area (Å²) in [5, 5.41) is 2.25. The van der Waals surface area contributed by atoms with Crippen LogP contribution in [0.15, 0.2) is 205 Å². The Kier molecular flexibility index (Phi) is 7.96.